The van der Waals surface area contributed by atoms with Gasteiger partial charge in [0.15, 0.2) is 6.61 Å². The fraction of sp³-hybridized carbons (Fsp3) is 0.500. The number of amides is 1. The zero-order valence-corrected chi connectivity index (χ0v) is 13.0. The van der Waals surface area contributed by atoms with Gasteiger partial charge in [0.2, 0.25) is 0 Å². The van der Waals surface area contributed by atoms with Gasteiger partial charge in [-0.25, -0.2) is 13.6 Å². The fourth-order valence-electron chi connectivity index (χ4n) is 2.68. The molecule has 1 aromatic rings. The summed E-state index contributed by atoms with van der Waals surface area (Å²) in [5.41, 5.74) is 0.289. The van der Waals surface area contributed by atoms with Crippen LogP contribution in [0.4, 0.5) is 8.78 Å². The van der Waals surface area contributed by atoms with Crippen LogP contribution >= 0.6 is 0 Å². The SMILES string of the molecule is CC1CN(C(=O)c2cccc(OCC(=O)O)c2)CC(C)C1(F)F. The summed E-state index contributed by atoms with van der Waals surface area (Å²) < 4.78 is 32.7. The summed E-state index contributed by atoms with van der Waals surface area (Å²) in [7, 11) is 0. The third-order valence-corrected chi connectivity index (χ3v) is 4.03. The summed E-state index contributed by atoms with van der Waals surface area (Å²) in [5, 5.41) is 8.59. The van der Waals surface area contributed by atoms with E-state index in [2.05, 4.69) is 0 Å². The molecule has 1 heterocycles. The Bertz CT molecular complexity index is 591. The van der Waals surface area contributed by atoms with Crippen molar-refractivity contribution in [3.05, 3.63) is 29.8 Å². The number of aliphatic carboxylic acids is 1. The van der Waals surface area contributed by atoms with Crippen molar-refractivity contribution < 1.29 is 28.2 Å². The normalized spacial score (nSPS) is 23.4. The molecule has 1 aliphatic rings. The van der Waals surface area contributed by atoms with E-state index in [4.69, 9.17) is 9.84 Å². The molecule has 1 amide bonds. The molecule has 2 rings (SSSR count). The van der Waals surface area contributed by atoms with Crippen molar-refractivity contribution in [2.45, 2.75) is 19.8 Å². The summed E-state index contributed by atoms with van der Waals surface area (Å²) in [6.45, 7) is 2.32. The van der Waals surface area contributed by atoms with Crippen LogP contribution in [0.2, 0.25) is 0 Å². The average Bonchev–Trinajstić information content (AvgIpc) is 2.50. The zero-order chi connectivity index (χ0) is 17.2. The van der Waals surface area contributed by atoms with Crippen molar-refractivity contribution in [3.63, 3.8) is 0 Å². The first-order valence-electron chi connectivity index (χ1n) is 7.33. The van der Waals surface area contributed by atoms with Crippen LogP contribution in [0.1, 0.15) is 24.2 Å². The Balaban J connectivity index is 2.11. The van der Waals surface area contributed by atoms with Crippen molar-refractivity contribution in [1.29, 1.82) is 0 Å². The highest BCUT2D eigenvalue weighted by Crippen LogP contribution is 2.37. The Morgan fingerprint density at radius 1 is 1.30 bits per heavy atom. The van der Waals surface area contributed by atoms with E-state index in [0.717, 1.165) is 0 Å². The van der Waals surface area contributed by atoms with Gasteiger partial charge in [0, 0.05) is 30.5 Å². The molecule has 0 saturated carbocycles. The summed E-state index contributed by atoms with van der Waals surface area (Å²) in [4.78, 5) is 24.4. The van der Waals surface area contributed by atoms with Crippen molar-refractivity contribution in [1.82, 2.24) is 4.90 Å². The lowest BCUT2D eigenvalue weighted by molar-refractivity contribution is -0.139. The van der Waals surface area contributed by atoms with Crippen LogP contribution in [0, 0.1) is 11.8 Å². The lowest BCUT2D eigenvalue weighted by Gasteiger charge is -2.41. The predicted octanol–water partition coefficient (Wildman–Crippen LogP) is 2.51. The number of rotatable bonds is 4. The van der Waals surface area contributed by atoms with Crippen molar-refractivity contribution in [2.24, 2.45) is 11.8 Å². The molecule has 1 aliphatic heterocycles. The lowest BCUT2D eigenvalue weighted by atomic mass is 9.87. The Labute approximate surface area is 132 Å². The van der Waals surface area contributed by atoms with Crippen LogP contribution in [0.15, 0.2) is 24.3 Å². The first kappa shape index (κ1) is 17.2. The molecule has 1 saturated heterocycles. The number of hydrogen-bond acceptors (Lipinski definition) is 3. The van der Waals surface area contributed by atoms with Crippen LogP contribution in [0.3, 0.4) is 0 Å². The number of carbonyl (C=O) groups excluding carboxylic acids is 1. The molecular weight excluding hydrogens is 308 g/mol. The maximum Gasteiger partial charge on any atom is 0.341 e. The molecule has 0 aromatic heterocycles. The zero-order valence-electron chi connectivity index (χ0n) is 13.0. The Morgan fingerprint density at radius 2 is 1.91 bits per heavy atom. The highest BCUT2D eigenvalue weighted by molar-refractivity contribution is 5.94. The van der Waals surface area contributed by atoms with Gasteiger partial charge < -0.3 is 14.7 Å². The second kappa shape index (κ2) is 6.52. The minimum atomic E-state index is -2.79. The molecule has 0 bridgehead atoms. The molecule has 0 spiro atoms. The second-order valence-corrected chi connectivity index (χ2v) is 5.90. The Hall–Kier alpha value is -2.18. The van der Waals surface area contributed by atoms with E-state index in [1.807, 2.05) is 0 Å². The minimum Gasteiger partial charge on any atom is -0.482 e. The Morgan fingerprint density at radius 3 is 2.48 bits per heavy atom. The van der Waals surface area contributed by atoms with E-state index in [1.54, 1.807) is 12.1 Å². The van der Waals surface area contributed by atoms with Crippen molar-refractivity contribution in [3.8, 4) is 5.75 Å². The van der Waals surface area contributed by atoms with Crippen molar-refractivity contribution in [2.75, 3.05) is 19.7 Å². The third kappa shape index (κ3) is 3.78. The van der Waals surface area contributed by atoms with Crippen LogP contribution < -0.4 is 4.74 Å². The molecule has 126 valence electrons. The van der Waals surface area contributed by atoms with Crippen LogP contribution in [-0.2, 0) is 4.79 Å². The number of carboxylic acid groups (broad SMARTS) is 1. The van der Waals surface area contributed by atoms with Gasteiger partial charge in [-0.1, -0.05) is 19.9 Å². The van der Waals surface area contributed by atoms with Gasteiger partial charge in [-0.2, -0.15) is 0 Å². The highest BCUT2D eigenvalue weighted by Gasteiger charge is 2.48. The monoisotopic (exact) mass is 327 g/mol. The molecule has 1 N–H and O–H groups in total. The maximum absolute atomic E-state index is 13.9. The summed E-state index contributed by atoms with van der Waals surface area (Å²) in [6, 6.07) is 6.08. The number of alkyl halides is 2. The van der Waals surface area contributed by atoms with Gasteiger partial charge in [0.1, 0.15) is 5.75 Å². The largest absolute Gasteiger partial charge is 0.482 e. The predicted molar refractivity (Wildman–Crippen MR) is 78.8 cm³/mol. The van der Waals surface area contributed by atoms with Gasteiger partial charge in [-0.3, -0.25) is 4.79 Å². The van der Waals surface area contributed by atoms with E-state index in [9.17, 15) is 18.4 Å². The van der Waals surface area contributed by atoms with Gasteiger partial charge in [-0.15, -0.1) is 0 Å². The molecule has 0 aliphatic carbocycles. The number of carbonyl (C=O) groups is 2. The summed E-state index contributed by atoms with van der Waals surface area (Å²) >= 11 is 0. The second-order valence-electron chi connectivity index (χ2n) is 5.90. The van der Waals surface area contributed by atoms with Crippen LogP contribution in [-0.4, -0.2) is 47.5 Å². The molecule has 7 heteroatoms. The summed E-state index contributed by atoms with van der Waals surface area (Å²) in [5.74, 6) is -5.85. The number of likely N-dealkylation sites (tertiary alicyclic amines) is 1. The molecule has 5 nitrogen and oxygen atoms in total. The standard InChI is InChI=1S/C16H19F2NO4/c1-10-7-19(8-11(2)16(10,17)18)15(22)12-4-3-5-13(6-12)23-9-14(20)21/h3-6,10-11H,7-9H2,1-2H3,(H,20,21). The quantitative estimate of drug-likeness (QED) is 0.923. The van der Waals surface area contributed by atoms with E-state index in [1.165, 1.54) is 30.9 Å². The number of nitrogens with zero attached hydrogens (tertiary/aromatic N) is 1. The van der Waals surface area contributed by atoms with E-state index >= 15 is 0 Å². The van der Waals surface area contributed by atoms with Crippen LogP contribution in [0.25, 0.3) is 0 Å². The number of piperidine rings is 1. The number of halogens is 2. The highest BCUT2D eigenvalue weighted by atomic mass is 19.3. The molecule has 2 atom stereocenters. The van der Waals surface area contributed by atoms with Gasteiger partial charge in [0.25, 0.3) is 11.8 Å². The number of ether oxygens (including phenoxy) is 1. The number of benzene rings is 1. The molecule has 1 aromatic carbocycles. The fourth-order valence-corrected chi connectivity index (χ4v) is 2.68. The first-order valence-corrected chi connectivity index (χ1v) is 7.33. The van der Waals surface area contributed by atoms with E-state index in [-0.39, 0.29) is 30.3 Å². The van der Waals surface area contributed by atoms with Gasteiger partial charge >= 0.3 is 5.97 Å². The first-order chi connectivity index (χ1) is 10.7. The van der Waals surface area contributed by atoms with Gasteiger partial charge in [0.05, 0.1) is 0 Å². The molecule has 23 heavy (non-hydrogen) atoms. The number of hydrogen-bond donors (Lipinski definition) is 1. The van der Waals surface area contributed by atoms with E-state index in [0.29, 0.717) is 0 Å². The van der Waals surface area contributed by atoms with Crippen LogP contribution in [0.5, 0.6) is 5.75 Å². The topological polar surface area (TPSA) is 66.8 Å². The molecule has 0 radical (unpaired) electrons. The smallest absolute Gasteiger partial charge is 0.341 e. The average molecular weight is 327 g/mol. The van der Waals surface area contributed by atoms with Crippen molar-refractivity contribution >= 4 is 11.9 Å². The van der Waals surface area contributed by atoms with E-state index < -0.39 is 30.3 Å². The molecular formula is C16H19F2NO4. The summed E-state index contributed by atoms with van der Waals surface area (Å²) in [6.07, 6.45) is 0. The maximum atomic E-state index is 13.9. The van der Waals surface area contributed by atoms with Gasteiger partial charge in [-0.05, 0) is 18.2 Å². The molecule has 1 fully saturated rings. The number of carboxylic acids is 1. The minimum absolute atomic E-state index is 0.0175. The lowest BCUT2D eigenvalue weighted by Crippen LogP contribution is -2.53. The third-order valence-electron chi connectivity index (χ3n) is 4.03. The molecule has 2 unspecified atom stereocenters. The Kier molecular flexibility index (Phi) is 4.87.